The van der Waals surface area contributed by atoms with Gasteiger partial charge in [-0.15, -0.1) is 0 Å². The molecule has 0 radical (unpaired) electrons. The maximum Gasteiger partial charge on any atom is 0.220 e. The molecule has 1 aliphatic heterocycles. The van der Waals surface area contributed by atoms with Gasteiger partial charge in [0, 0.05) is 30.6 Å². The van der Waals surface area contributed by atoms with Gasteiger partial charge in [0.2, 0.25) is 5.91 Å². The van der Waals surface area contributed by atoms with E-state index in [-0.39, 0.29) is 5.91 Å². The summed E-state index contributed by atoms with van der Waals surface area (Å²) in [5, 5.41) is 6.86. The first-order valence-electron chi connectivity index (χ1n) is 8.57. The fourth-order valence-electron chi connectivity index (χ4n) is 3.33. The van der Waals surface area contributed by atoms with Crippen molar-refractivity contribution in [3.8, 4) is 5.75 Å². The van der Waals surface area contributed by atoms with Crippen LogP contribution in [0, 0.1) is 5.92 Å². The minimum absolute atomic E-state index is 0.215. The molecule has 1 aromatic carbocycles. The zero-order valence-corrected chi connectivity index (χ0v) is 12.9. The number of hydrogen-bond donors (Lipinski definition) is 2. The molecule has 1 heterocycles. The van der Waals surface area contributed by atoms with E-state index in [1.165, 1.54) is 31.2 Å². The first-order valence-corrected chi connectivity index (χ1v) is 8.57. The first kappa shape index (κ1) is 14.1. The van der Waals surface area contributed by atoms with Crippen molar-refractivity contribution in [3.05, 3.63) is 29.8 Å². The van der Waals surface area contributed by atoms with Crippen LogP contribution in [0.3, 0.4) is 0 Å². The average molecular weight is 300 g/mol. The lowest BCUT2D eigenvalue weighted by Crippen LogP contribution is -2.54. The molecule has 4 rings (SSSR count). The normalized spacial score (nSPS) is 28.3. The molecule has 2 atom stereocenters. The van der Waals surface area contributed by atoms with E-state index in [0.717, 1.165) is 18.7 Å². The third kappa shape index (κ3) is 3.27. The van der Waals surface area contributed by atoms with E-state index in [0.29, 0.717) is 30.5 Å². The molecule has 3 fully saturated rings. The van der Waals surface area contributed by atoms with Gasteiger partial charge in [-0.3, -0.25) is 4.79 Å². The van der Waals surface area contributed by atoms with Crippen LogP contribution in [-0.4, -0.2) is 24.1 Å². The Balaban J connectivity index is 1.39. The molecule has 2 unspecified atom stereocenters. The Morgan fingerprint density at radius 1 is 1.14 bits per heavy atom. The smallest absolute Gasteiger partial charge is 0.220 e. The van der Waals surface area contributed by atoms with Gasteiger partial charge < -0.3 is 15.4 Å². The van der Waals surface area contributed by atoms with E-state index in [1.54, 1.807) is 0 Å². The van der Waals surface area contributed by atoms with Gasteiger partial charge in [-0.05, 0) is 44.1 Å². The number of rotatable bonds is 6. The standard InChI is InChI=1S/C18H24N2O2/c21-17-10-9-15(18(20-17)12-5-6-12)19-11-13-3-1-2-4-16(13)22-14-7-8-14/h1-4,12,14-15,18-19H,5-11H2,(H,20,21). The molecule has 2 aliphatic carbocycles. The average Bonchev–Trinajstić information content (AvgIpc) is 3.41. The van der Waals surface area contributed by atoms with E-state index in [9.17, 15) is 4.79 Å². The number of para-hydroxylation sites is 1. The van der Waals surface area contributed by atoms with Crippen LogP contribution in [0.1, 0.15) is 44.1 Å². The van der Waals surface area contributed by atoms with Crippen LogP contribution in [0.2, 0.25) is 0 Å². The van der Waals surface area contributed by atoms with Crippen molar-refractivity contribution in [2.75, 3.05) is 0 Å². The predicted octanol–water partition coefficient (Wildman–Crippen LogP) is 2.37. The van der Waals surface area contributed by atoms with E-state index in [1.807, 2.05) is 6.07 Å². The van der Waals surface area contributed by atoms with Gasteiger partial charge >= 0.3 is 0 Å². The molecule has 1 amide bonds. The SMILES string of the molecule is O=C1CCC(NCc2ccccc2OC2CC2)C(C2CC2)N1. The first-order chi connectivity index (χ1) is 10.8. The predicted molar refractivity (Wildman–Crippen MR) is 84.6 cm³/mol. The highest BCUT2D eigenvalue weighted by Gasteiger charge is 2.39. The monoisotopic (exact) mass is 300 g/mol. The van der Waals surface area contributed by atoms with Crippen molar-refractivity contribution in [2.24, 2.45) is 5.92 Å². The van der Waals surface area contributed by atoms with Crippen LogP contribution in [0.15, 0.2) is 24.3 Å². The lowest BCUT2D eigenvalue weighted by Gasteiger charge is -2.33. The van der Waals surface area contributed by atoms with Gasteiger partial charge in [-0.25, -0.2) is 0 Å². The molecule has 0 aromatic heterocycles. The summed E-state index contributed by atoms with van der Waals surface area (Å²) in [5.74, 6) is 1.91. The highest BCUT2D eigenvalue weighted by atomic mass is 16.5. The molecule has 2 N–H and O–H groups in total. The molecule has 22 heavy (non-hydrogen) atoms. The molecule has 2 saturated carbocycles. The lowest BCUT2D eigenvalue weighted by atomic mass is 9.94. The number of benzene rings is 1. The van der Waals surface area contributed by atoms with Crippen LogP contribution in [-0.2, 0) is 11.3 Å². The Morgan fingerprint density at radius 2 is 1.95 bits per heavy atom. The van der Waals surface area contributed by atoms with Crippen molar-refractivity contribution in [1.29, 1.82) is 0 Å². The number of hydrogen-bond acceptors (Lipinski definition) is 3. The van der Waals surface area contributed by atoms with E-state index >= 15 is 0 Å². The minimum Gasteiger partial charge on any atom is -0.490 e. The second kappa shape index (κ2) is 5.92. The number of carbonyl (C=O) groups is 1. The summed E-state index contributed by atoms with van der Waals surface area (Å²) in [6.07, 6.45) is 6.88. The fourth-order valence-corrected chi connectivity index (χ4v) is 3.33. The van der Waals surface area contributed by atoms with E-state index < -0.39 is 0 Å². The van der Waals surface area contributed by atoms with Crippen LogP contribution >= 0.6 is 0 Å². The number of nitrogens with one attached hydrogen (secondary N) is 2. The van der Waals surface area contributed by atoms with Gasteiger partial charge in [0.25, 0.3) is 0 Å². The third-order valence-corrected chi connectivity index (χ3v) is 4.92. The second-order valence-corrected chi connectivity index (χ2v) is 6.88. The highest BCUT2D eigenvalue weighted by Crippen LogP contribution is 2.36. The zero-order valence-electron chi connectivity index (χ0n) is 12.9. The third-order valence-electron chi connectivity index (χ3n) is 4.92. The summed E-state index contributed by atoms with van der Waals surface area (Å²) in [4.78, 5) is 11.6. The maximum atomic E-state index is 11.6. The summed E-state index contributed by atoms with van der Waals surface area (Å²) in [7, 11) is 0. The van der Waals surface area contributed by atoms with Gasteiger partial charge in [-0.1, -0.05) is 18.2 Å². The van der Waals surface area contributed by atoms with Crippen LogP contribution < -0.4 is 15.4 Å². The molecule has 1 saturated heterocycles. The number of ether oxygens (including phenoxy) is 1. The molecule has 4 heteroatoms. The van der Waals surface area contributed by atoms with Crippen molar-refractivity contribution >= 4 is 5.91 Å². The molecule has 0 spiro atoms. The molecule has 3 aliphatic rings. The Hall–Kier alpha value is -1.55. The van der Waals surface area contributed by atoms with Crippen molar-refractivity contribution in [2.45, 2.75) is 63.3 Å². The Labute approximate surface area is 131 Å². The van der Waals surface area contributed by atoms with Crippen molar-refractivity contribution < 1.29 is 9.53 Å². The molecule has 118 valence electrons. The summed E-state index contributed by atoms with van der Waals surface area (Å²) < 4.78 is 5.99. The fraction of sp³-hybridized carbons (Fsp3) is 0.611. The van der Waals surface area contributed by atoms with Gasteiger partial charge in [-0.2, -0.15) is 0 Å². The van der Waals surface area contributed by atoms with Gasteiger partial charge in [0.05, 0.1) is 6.10 Å². The quantitative estimate of drug-likeness (QED) is 0.848. The molecule has 0 bridgehead atoms. The van der Waals surface area contributed by atoms with Crippen molar-refractivity contribution in [1.82, 2.24) is 10.6 Å². The molecule has 1 aromatic rings. The highest BCUT2D eigenvalue weighted by molar-refractivity contribution is 5.77. The Bertz CT molecular complexity index is 552. The Kier molecular flexibility index (Phi) is 3.78. The number of piperidine rings is 1. The van der Waals surface area contributed by atoms with Gasteiger partial charge in [0.1, 0.15) is 5.75 Å². The van der Waals surface area contributed by atoms with E-state index in [4.69, 9.17) is 4.74 Å². The maximum absolute atomic E-state index is 11.6. The number of amides is 1. The van der Waals surface area contributed by atoms with Gasteiger partial charge in [0.15, 0.2) is 0 Å². The van der Waals surface area contributed by atoms with Crippen LogP contribution in [0.5, 0.6) is 5.75 Å². The summed E-state index contributed by atoms with van der Waals surface area (Å²) in [5.41, 5.74) is 1.22. The van der Waals surface area contributed by atoms with Crippen LogP contribution in [0.25, 0.3) is 0 Å². The number of carbonyl (C=O) groups excluding carboxylic acids is 1. The van der Waals surface area contributed by atoms with Crippen LogP contribution in [0.4, 0.5) is 0 Å². The summed E-state index contributed by atoms with van der Waals surface area (Å²) in [6.45, 7) is 0.812. The summed E-state index contributed by atoms with van der Waals surface area (Å²) >= 11 is 0. The Morgan fingerprint density at radius 3 is 2.73 bits per heavy atom. The lowest BCUT2D eigenvalue weighted by molar-refractivity contribution is -0.124. The molecular weight excluding hydrogens is 276 g/mol. The van der Waals surface area contributed by atoms with E-state index in [2.05, 4.69) is 28.8 Å². The molecular formula is C18H24N2O2. The van der Waals surface area contributed by atoms with Crippen molar-refractivity contribution in [3.63, 3.8) is 0 Å². The minimum atomic E-state index is 0.215. The largest absolute Gasteiger partial charge is 0.490 e. The topological polar surface area (TPSA) is 50.4 Å². The summed E-state index contributed by atoms with van der Waals surface area (Å²) in [6, 6.07) is 9.01. The molecule has 4 nitrogen and oxygen atoms in total. The zero-order chi connectivity index (χ0) is 14.9. The second-order valence-electron chi connectivity index (χ2n) is 6.88.